The van der Waals surface area contributed by atoms with Gasteiger partial charge in [0.2, 0.25) is 5.22 Å². The first-order chi connectivity index (χ1) is 3.93. The first-order valence-electron chi connectivity index (χ1n) is 1.76. The van der Waals surface area contributed by atoms with Gasteiger partial charge in [0.15, 0.2) is 0 Å². The third-order valence-electron chi connectivity index (χ3n) is 0.502. The molecule has 1 rings (SSSR count). The Bertz CT molecular complexity index is 190. The molecule has 1 aromatic rings. The highest BCUT2D eigenvalue weighted by molar-refractivity contribution is 4.27. The van der Waals surface area contributed by atoms with Crippen LogP contribution in [0.5, 0.6) is 0 Å². The summed E-state index contributed by atoms with van der Waals surface area (Å²) in [6.07, 6.45) is 1.25. The van der Waals surface area contributed by atoms with E-state index in [4.69, 9.17) is 5.53 Å². The van der Waals surface area contributed by atoms with Gasteiger partial charge in [-0.2, -0.15) is 0 Å². The van der Waals surface area contributed by atoms with Gasteiger partial charge in [-0.1, -0.05) is 5.10 Å². The van der Waals surface area contributed by atoms with E-state index in [0.717, 1.165) is 4.79 Å². The van der Waals surface area contributed by atoms with Crippen LogP contribution in [0.1, 0.15) is 0 Å². The van der Waals surface area contributed by atoms with Crippen molar-refractivity contribution >= 4 is 0 Å². The summed E-state index contributed by atoms with van der Waals surface area (Å²) >= 11 is 0. The monoisotopic (exact) mass is 112 g/mol. The molecule has 0 aromatic carbocycles. The molecule has 0 amide bonds. The number of azide groups is 1. The van der Waals surface area contributed by atoms with E-state index in [-0.39, 0.29) is 0 Å². The molecule has 0 aliphatic heterocycles. The van der Waals surface area contributed by atoms with Crippen LogP contribution in [0, 0.1) is 0 Å². The van der Waals surface area contributed by atoms with Crippen molar-refractivity contribution in [3.05, 3.63) is 16.8 Å². The molecule has 0 saturated heterocycles. The molecule has 0 radical (unpaired) electrons. The number of hydrogen-bond acceptors (Lipinski definition) is 3. The molecule has 1 N–H and O–H groups in total. The number of rotatable bonds is 1. The van der Waals surface area contributed by atoms with Crippen molar-refractivity contribution in [3.63, 3.8) is 0 Å². The highest BCUT2D eigenvalue weighted by atomic mass is 15.7. The molecule has 40 valence electrons. The van der Waals surface area contributed by atoms with Gasteiger partial charge in [-0.25, -0.2) is 0 Å². The highest BCUT2D eigenvalue weighted by Crippen LogP contribution is 1.55. The Hall–Kier alpha value is -1.62. The van der Waals surface area contributed by atoms with Crippen LogP contribution in [-0.4, -0.2) is 15.5 Å². The Labute approximate surface area is 43.5 Å². The largest absolute Gasteiger partial charge is 0.330 e. The maximum absolute atomic E-state index is 7.80. The number of nitrogens with zero attached hydrogens (tertiary/aromatic N) is 6. The summed E-state index contributed by atoms with van der Waals surface area (Å²) < 4.78 is 0. The van der Waals surface area contributed by atoms with Crippen LogP contribution in [0.2, 0.25) is 0 Å². The normalized spacial score (nSPS) is 8.00. The summed E-state index contributed by atoms with van der Waals surface area (Å²) in [4.78, 5) is 3.50. The number of nitrogens with one attached hydrogen (secondary N) is 1. The average molecular weight is 112 g/mol. The molecular weight excluding hydrogens is 110 g/mol. The summed E-state index contributed by atoms with van der Waals surface area (Å²) in [5.41, 5.74) is 7.80. The second-order valence-electron chi connectivity index (χ2n) is 0.954. The van der Waals surface area contributed by atoms with Gasteiger partial charge in [-0.15, -0.1) is 0 Å². The number of hydrogen-bond donors (Lipinski definition) is 1. The summed E-state index contributed by atoms with van der Waals surface area (Å²) in [6, 6.07) is 0. The van der Waals surface area contributed by atoms with Gasteiger partial charge in [0, 0.05) is 10.3 Å². The van der Waals surface area contributed by atoms with Gasteiger partial charge in [-0.3, -0.25) is 0 Å². The van der Waals surface area contributed by atoms with Gasteiger partial charge >= 0.3 is 6.33 Å². The minimum Gasteiger partial charge on any atom is -0.0645 e. The van der Waals surface area contributed by atoms with Crippen molar-refractivity contribution < 1.29 is 4.79 Å². The topological polar surface area (TPSA) is 94.2 Å². The van der Waals surface area contributed by atoms with Gasteiger partial charge < -0.3 is 0 Å². The third-order valence-corrected chi connectivity index (χ3v) is 0.502. The fourth-order valence-corrected chi connectivity index (χ4v) is 0.258. The molecule has 7 nitrogen and oxygen atoms in total. The van der Waals surface area contributed by atoms with E-state index < -0.39 is 0 Å². The fourth-order valence-electron chi connectivity index (χ4n) is 0.258. The molecule has 0 spiro atoms. The maximum atomic E-state index is 7.80. The predicted octanol–water partition coefficient (Wildman–Crippen LogP) is -0.834. The lowest BCUT2D eigenvalue weighted by Gasteiger charge is -1.59. The predicted molar refractivity (Wildman–Crippen MR) is 21.1 cm³/mol. The summed E-state index contributed by atoms with van der Waals surface area (Å²) in [7, 11) is 0. The minimum atomic E-state index is 1.04. The molecule has 0 unspecified atom stereocenters. The van der Waals surface area contributed by atoms with Gasteiger partial charge in [0.1, 0.15) is 0 Å². The van der Waals surface area contributed by atoms with Crippen molar-refractivity contribution in [3.8, 4) is 0 Å². The zero-order valence-corrected chi connectivity index (χ0v) is 3.76. The van der Waals surface area contributed by atoms with Crippen molar-refractivity contribution in [2.24, 2.45) is 5.22 Å². The molecule has 0 aliphatic rings. The first kappa shape index (κ1) is 4.54. The van der Waals surface area contributed by atoms with Gasteiger partial charge in [0.25, 0.3) is 0 Å². The fraction of sp³-hybridized carbons (Fsp3) is 0. The summed E-state index contributed by atoms with van der Waals surface area (Å²) in [6.45, 7) is 0. The molecule has 8 heavy (non-hydrogen) atoms. The molecule has 0 fully saturated rings. The Balaban J connectivity index is 2.93. The second kappa shape index (κ2) is 1.90. The van der Waals surface area contributed by atoms with Crippen LogP contribution < -0.4 is 4.79 Å². The van der Waals surface area contributed by atoms with Crippen molar-refractivity contribution in [2.75, 3.05) is 0 Å². The zero-order chi connectivity index (χ0) is 5.82. The number of aromatic nitrogens is 4. The van der Waals surface area contributed by atoms with E-state index in [1.165, 1.54) is 6.33 Å². The Morgan fingerprint density at radius 1 is 1.88 bits per heavy atom. The molecule has 0 saturated carbocycles. The summed E-state index contributed by atoms with van der Waals surface area (Å²) in [5.74, 6) is 0. The van der Waals surface area contributed by atoms with Crippen LogP contribution in [0.4, 0.5) is 0 Å². The number of aromatic amines is 1. The SMILES string of the molecule is [N-]=[N+]=N[n+]1cnn[nH]1. The Morgan fingerprint density at radius 2 is 2.75 bits per heavy atom. The third kappa shape index (κ3) is 0.713. The van der Waals surface area contributed by atoms with E-state index in [1.54, 1.807) is 0 Å². The average Bonchev–Trinajstić information content (AvgIpc) is 2.19. The lowest BCUT2D eigenvalue weighted by atomic mass is 11.4. The smallest absolute Gasteiger partial charge is 0.0645 e. The number of tetrazole rings is 1. The minimum absolute atomic E-state index is 1.04. The van der Waals surface area contributed by atoms with Gasteiger partial charge in [-0.05, 0) is 10.4 Å². The van der Waals surface area contributed by atoms with E-state index in [1.807, 2.05) is 0 Å². The van der Waals surface area contributed by atoms with Crippen LogP contribution in [0.3, 0.4) is 0 Å². The van der Waals surface area contributed by atoms with Crippen molar-refractivity contribution in [2.45, 2.75) is 0 Å². The second-order valence-corrected chi connectivity index (χ2v) is 0.954. The van der Waals surface area contributed by atoms with Crippen LogP contribution >= 0.6 is 0 Å². The van der Waals surface area contributed by atoms with Crippen molar-refractivity contribution in [1.82, 2.24) is 15.5 Å². The zero-order valence-electron chi connectivity index (χ0n) is 3.76. The van der Waals surface area contributed by atoms with Crippen LogP contribution in [-0.2, 0) is 0 Å². The lowest BCUT2D eigenvalue weighted by Crippen LogP contribution is -2.27. The molecular formula is CH2N7+. The summed E-state index contributed by atoms with van der Waals surface area (Å²) in [5, 5.41) is 12.0. The quantitative estimate of drug-likeness (QED) is 0.222. The lowest BCUT2D eigenvalue weighted by molar-refractivity contribution is -0.740. The maximum Gasteiger partial charge on any atom is 0.330 e. The number of H-pyrrole nitrogens is 1. The molecule has 7 heteroatoms. The Kier molecular flexibility index (Phi) is 1.07. The van der Waals surface area contributed by atoms with Gasteiger partial charge in [0.05, 0.1) is 4.91 Å². The molecule has 0 aliphatic carbocycles. The highest BCUT2D eigenvalue weighted by Gasteiger charge is 1.92. The molecule has 1 heterocycles. The van der Waals surface area contributed by atoms with Crippen LogP contribution in [0.15, 0.2) is 11.6 Å². The Morgan fingerprint density at radius 3 is 3.25 bits per heavy atom. The molecule has 0 bridgehead atoms. The van der Waals surface area contributed by atoms with Crippen molar-refractivity contribution in [1.29, 1.82) is 0 Å². The standard InChI is InChI=1S/CHN7/c2-4-6-8-1-3-5-7-8/h1H/p+1. The first-order valence-corrected chi connectivity index (χ1v) is 1.76. The van der Waals surface area contributed by atoms with E-state index in [0.29, 0.717) is 0 Å². The van der Waals surface area contributed by atoms with E-state index in [2.05, 4.69) is 25.7 Å². The molecule has 0 atom stereocenters. The molecule has 1 aromatic heterocycles. The van der Waals surface area contributed by atoms with E-state index in [9.17, 15) is 0 Å². The van der Waals surface area contributed by atoms with Crippen LogP contribution in [0.25, 0.3) is 10.4 Å². The van der Waals surface area contributed by atoms with E-state index >= 15 is 0 Å².